The third-order valence-electron chi connectivity index (χ3n) is 12.2. The number of anilines is 1. The number of fused-ring (bicyclic) bond motifs is 4. The third-order valence-corrected chi connectivity index (χ3v) is 12.5. The van der Waals surface area contributed by atoms with Crippen molar-refractivity contribution in [3.05, 3.63) is 64.7 Å². The highest BCUT2D eigenvalue weighted by molar-refractivity contribution is 6.33. The number of halogens is 1. The highest BCUT2D eigenvalue weighted by atomic mass is 35.5. The number of ether oxygens (including phenoxy) is 4. The minimum absolute atomic E-state index is 0.0374. The van der Waals surface area contributed by atoms with Gasteiger partial charge in [0.15, 0.2) is 29.9 Å². The number of nitrogens with one attached hydrogen (secondary N) is 1. The van der Waals surface area contributed by atoms with E-state index in [2.05, 4.69) is 31.0 Å². The van der Waals surface area contributed by atoms with Crippen LogP contribution < -0.4 is 19.9 Å². The number of hydrogen-bond acceptors (Lipinski definition) is 12. The molecule has 6 rings (SSSR count). The van der Waals surface area contributed by atoms with Gasteiger partial charge in [0.1, 0.15) is 23.9 Å². The Labute approximate surface area is 323 Å². The maximum Gasteiger partial charge on any atom is 0.323 e. The number of carbonyl (C=O) groups excluding carboxylic acids is 2. The van der Waals surface area contributed by atoms with E-state index in [1.807, 2.05) is 44.2 Å². The van der Waals surface area contributed by atoms with Gasteiger partial charge in [0.05, 0.1) is 17.8 Å². The summed E-state index contributed by atoms with van der Waals surface area (Å²) in [6.07, 6.45) is 0.408. The number of aliphatic hydroxyl groups is 2. The Morgan fingerprint density at radius 1 is 1.09 bits per heavy atom. The van der Waals surface area contributed by atoms with Gasteiger partial charge >= 0.3 is 11.9 Å². The Morgan fingerprint density at radius 2 is 1.81 bits per heavy atom. The largest absolute Gasteiger partial charge is 0.493 e. The number of carbonyl (C=O) groups is 2. The molecule has 2 heterocycles. The van der Waals surface area contributed by atoms with E-state index in [0.717, 1.165) is 18.5 Å². The second-order valence-corrected chi connectivity index (χ2v) is 16.3. The van der Waals surface area contributed by atoms with E-state index < -0.39 is 47.6 Å². The standard InChI is InChI=1S/C41H56ClN3O9/c1-23(2)45(18-19-51-34-15-10-9-14-33(34)50-8)22-25(4)28-17-16-26(5)41(49)30(28)20-24(3)36(52-27(6)46)37(41)53-38(47)32-21-40(48)29-12-11-13-31(42)35(29)44(7)54-39(40)43-32/h9-15,20,23,25-26,28,30,32,36-37,39,43,48-49H,16-19,21-22H2,1-8H3/t25?,26-,28+,30-,32+,36-,37+,39-,40-,41-/m1/s1. The molecule has 3 N–H and O–H groups in total. The number of esters is 2. The van der Waals surface area contributed by atoms with Crippen LogP contribution in [-0.2, 0) is 29.5 Å². The Kier molecular flexibility index (Phi) is 11.9. The lowest BCUT2D eigenvalue weighted by Crippen LogP contribution is -2.66. The molecule has 2 aromatic carbocycles. The zero-order valence-corrected chi connectivity index (χ0v) is 33.3. The lowest BCUT2D eigenvalue weighted by molar-refractivity contribution is -0.225. The summed E-state index contributed by atoms with van der Waals surface area (Å²) >= 11 is 6.48. The normalized spacial score (nSPS) is 32.3. The summed E-state index contributed by atoms with van der Waals surface area (Å²) in [7, 11) is 3.31. The average molecular weight is 770 g/mol. The summed E-state index contributed by atoms with van der Waals surface area (Å²) < 4.78 is 23.7. The van der Waals surface area contributed by atoms with Crippen molar-refractivity contribution < 1.29 is 43.6 Å². The number of para-hydroxylation sites is 3. The minimum Gasteiger partial charge on any atom is -0.493 e. The lowest BCUT2D eigenvalue weighted by Gasteiger charge is -2.56. The Balaban J connectivity index is 1.22. The van der Waals surface area contributed by atoms with E-state index in [-0.39, 0.29) is 36.1 Å². The van der Waals surface area contributed by atoms with Crippen molar-refractivity contribution in [2.75, 3.05) is 38.9 Å². The van der Waals surface area contributed by atoms with Gasteiger partial charge in [-0.1, -0.05) is 55.8 Å². The second-order valence-electron chi connectivity index (χ2n) is 15.9. The van der Waals surface area contributed by atoms with Gasteiger partial charge in [-0.2, -0.15) is 0 Å². The zero-order valence-electron chi connectivity index (χ0n) is 32.6. The molecular formula is C41H56ClN3O9. The molecule has 1 saturated carbocycles. The second kappa shape index (κ2) is 16.0. The van der Waals surface area contributed by atoms with Crippen LogP contribution in [-0.4, -0.2) is 97.0 Å². The summed E-state index contributed by atoms with van der Waals surface area (Å²) in [5, 5.41) is 29.9. The Bertz CT molecular complexity index is 1720. The van der Waals surface area contributed by atoms with Crippen molar-refractivity contribution >= 4 is 29.2 Å². The van der Waals surface area contributed by atoms with Crippen molar-refractivity contribution in [1.82, 2.24) is 10.2 Å². The molecule has 2 aromatic rings. The molecule has 13 heteroatoms. The Hall–Kier alpha value is -3.39. The molecule has 12 nitrogen and oxygen atoms in total. The highest BCUT2D eigenvalue weighted by Gasteiger charge is 2.62. The van der Waals surface area contributed by atoms with Gasteiger partial charge in [0.2, 0.25) is 0 Å². The fraction of sp³-hybridized carbons (Fsp3) is 0.610. The van der Waals surface area contributed by atoms with Gasteiger partial charge in [-0.3, -0.25) is 29.7 Å². The molecular weight excluding hydrogens is 714 g/mol. The van der Waals surface area contributed by atoms with Crippen LogP contribution in [0.25, 0.3) is 0 Å². The molecule has 0 aromatic heterocycles. The first-order chi connectivity index (χ1) is 25.6. The molecule has 0 spiro atoms. The molecule has 296 valence electrons. The maximum atomic E-state index is 14.2. The Morgan fingerprint density at radius 3 is 2.50 bits per heavy atom. The topological polar surface area (TPSA) is 139 Å². The molecule has 2 aliphatic carbocycles. The predicted molar refractivity (Wildman–Crippen MR) is 204 cm³/mol. The summed E-state index contributed by atoms with van der Waals surface area (Å²) in [5.41, 5.74) is -1.35. The summed E-state index contributed by atoms with van der Waals surface area (Å²) in [5.74, 6) is -0.322. The van der Waals surface area contributed by atoms with Crippen LogP contribution in [0.1, 0.15) is 66.4 Å². The summed E-state index contributed by atoms with van der Waals surface area (Å²) in [6.45, 7) is 13.6. The van der Waals surface area contributed by atoms with E-state index in [1.54, 1.807) is 32.4 Å². The number of hydroxylamine groups is 1. The molecule has 54 heavy (non-hydrogen) atoms. The highest BCUT2D eigenvalue weighted by Crippen LogP contribution is 2.53. The van der Waals surface area contributed by atoms with E-state index >= 15 is 0 Å². The SMILES string of the molecule is COc1ccccc1OCCN(CC(C)[C@@H]1CC[C@@H](C)[C@@]2(O)[C@@H]1C=C(C)[C@@H](OC(C)=O)[C@@H]2OC(=O)[C@@H]1C[C@@]2(O)c3cccc(Cl)c3N(C)O[C@H]2N1)C(C)C. The van der Waals surface area contributed by atoms with Crippen LogP contribution in [0.2, 0.25) is 5.02 Å². The van der Waals surface area contributed by atoms with E-state index in [9.17, 15) is 19.8 Å². The molecule has 0 amide bonds. The number of benzene rings is 2. The molecule has 2 aliphatic heterocycles. The predicted octanol–water partition coefficient (Wildman–Crippen LogP) is 5.23. The molecule has 2 fully saturated rings. The van der Waals surface area contributed by atoms with Crippen LogP contribution in [0.15, 0.2) is 54.1 Å². The van der Waals surface area contributed by atoms with Gasteiger partial charge in [0.25, 0.3) is 0 Å². The molecule has 1 unspecified atom stereocenters. The van der Waals surface area contributed by atoms with Crippen LogP contribution in [0.5, 0.6) is 11.5 Å². The van der Waals surface area contributed by atoms with E-state index in [1.165, 1.54) is 12.0 Å². The van der Waals surface area contributed by atoms with Gasteiger partial charge in [-0.15, -0.1) is 0 Å². The summed E-state index contributed by atoms with van der Waals surface area (Å²) in [4.78, 5) is 35.1. The quantitative estimate of drug-likeness (QED) is 0.193. The van der Waals surface area contributed by atoms with E-state index in [0.29, 0.717) is 47.3 Å². The fourth-order valence-electron chi connectivity index (χ4n) is 9.24. The van der Waals surface area contributed by atoms with Crippen molar-refractivity contribution in [1.29, 1.82) is 0 Å². The summed E-state index contributed by atoms with van der Waals surface area (Å²) in [6, 6.07) is 12.1. The van der Waals surface area contributed by atoms with Crippen molar-refractivity contribution in [2.45, 2.75) is 103 Å². The number of nitrogens with zero attached hydrogens (tertiary/aromatic N) is 2. The fourth-order valence-corrected chi connectivity index (χ4v) is 9.53. The lowest BCUT2D eigenvalue weighted by atomic mass is 9.55. The maximum absolute atomic E-state index is 14.2. The van der Waals surface area contributed by atoms with E-state index in [4.69, 9.17) is 35.4 Å². The van der Waals surface area contributed by atoms with Crippen LogP contribution in [0.3, 0.4) is 0 Å². The first-order valence-corrected chi connectivity index (χ1v) is 19.4. The van der Waals surface area contributed by atoms with Crippen molar-refractivity contribution in [3.8, 4) is 11.5 Å². The molecule has 1 saturated heterocycles. The van der Waals surface area contributed by atoms with Gasteiger partial charge in [-0.05, 0) is 75.1 Å². The van der Waals surface area contributed by atoms with Crippen LogP contribution in [0.4, 0.5) is 5.69 Å². The number of hydrogen-bond donors (Lipinski definition) is 3. The first-order valence-electron chi connectivity index (χ1n) is 19.1. The molecule has 10 atom stereocenters. The van der Waals surface area contributed by atoms with Crippen LogP contribution >= 0.6 is 11.6 Å². The van der Waals surface area contributed by atoms with Crippen molar-refractivity contribution in [2.24, 2.45) is 23.7 Å². The zero-order chi connectivity index (χ0) is 39.1. The third kappa shape index (κ3) is 7.45. The molecule has 0 bridgehead atoms. The number of rotatable bonds is 12. The van der Waals surface area contributed by atoms with Crippen LogP contribution in [0, 0.1) is 23.7 Å². The van der Waals surface area contributed by atoms with Gasteiger partial charge < -0.3 is 29.2 Å². The van der Waals surface area contributed by atoms with Gasteiger partial charge in [0, 0.05) is 51.0 Å². The number of methoxy groups -OCH3 is 1. The monoisotopic (exact) mass is 769 g/mol. The first kappa shape index (κ1) is 40.3. The average Bonchev–Trinajstić information content (AvgIpc) is 3.48. The van der Waals surface area contributed by atoms with Crippen molar-refractivity contribution in [3.63, 3.8) is 0 Å². The minimum atomic E-state index is -1.58. The molecule has 4 aliphatic rings. The smallest absolute Gasteiger partial charge is 0.323 e. The molecule has 0 radical (unpaired) electrons. The van der Waals surface area contributed by atoms with Gasteiger partial charge in [-0.25, -0.2) is 0 Å².